The molecule has 0 aromatic heterocycles. The summed E-state index contributed by atoms with van der Waals surface area (Å²) >= 11 is 0. The molecule has 1 rings (SSSR count). The van der Waals surface area contributed by atoms with Gasteiger partial charge in [0, 0.05) is 13.1 Å². The van der Waals surface area contributed by atoms with Gasteiger partial charge in [-0.25, -0.2) is 0 Å². The number of hydrogen-bond acceptors (Lipinski definition) is 3. The molecule has 1 aromatic carbocycles. The molecule has 0 aliphatic rings. The lowest BCUT2D eigenvalue weighted by Gasteiger charge is -2.17. The summed E-state index contributed by atoms with van der Waals surface area (Å²) in [5, 5.41) is 2.86. The second kappa shape index (κ2) is 7.14. The molecule has 0 saturated carbocycles. The minimum absolute atomic E-state index is 0.0816. The summed E-state index contributed by atoms with van der Waals surface area (Å²) in [6, 6.07) is 5.94. The molecule has 0 heterocycles. The van der Waals surface area contributed by atoms with Crippen LogP contribution in [0.1, 0.15) is 18.1 Å². The number of hydrogen-bond donors (Lipinski definition) is 1. The number of likely N-dealkylation sites (N-methyl/N-ethyl adjacent to an activating group) is 1. The van der Waals surface area contributed by atoms with Crippen LogP contribution in [0.15, 0.2) is 18.2 Å². The van der Waals surface area contributed by atoms with E-state index in [1.54, 1.807) is 6.92 Å². The quantitative estimate of drug-likeness (QED) is 0.851. The van der Waals surface area contributed by atoms with Crippen molar-refractivity contribution in [2.45, 2.75) is 26.9 Å². The van der Waals surface area contributed by atoms with Crippen LogP contribution >= 0.6 is 0 Å². The smallest absolute Gasteiger partial charge is 0.260 e. The van der Waals surface area contributed by atoms with Crippen LogP contribution in [0, 0.1) is 13.8 Å². The van der Waals surface area contributed by atoms with E-state index in [1.165, 1.54) is 5.56 Å². The Morgan fingerprint density at radius 1 is 1.37 bits per heavy atom. The molecular formula is C15H24N2O2. The van der Waals surface area contributed by atoms with Crippen molar-refractivity contribution in [1.82, 2.24) is 10.2 Å². The number of nitrogens with zero attached hydrogens (tertiary/aromatic N) is 1. The first kappa shape index (κ1) is 15.5. The summed E-state index contributed by atoms with van der Waals surface area (Å²) in [4.78, 5) is 13.9. The number of amides is 1. The minimum atomic E-state index is -0.483. The van der Waals surface area contributed by atoms with Gasteiger partial charge in [0.1, 0.15) is 5.75 Å². The molecule has 106 valence electrons. The van der Waals surface area contributed by atoms with E-state index in [0.29, 0.717) is 6.54 Å². The summed E-state index contributed by atoms with van der Waals surface area (Å²) in [5.41, 5.74) is 2.24. The third-order valence-corrected chi connectivity index (χ3v) is 2.86. The van der Waals surface area contributed by atoms with Crippen LogP contribution in [0.4, 0.5) is 0 Å². The maximum Gasteiger partial charge on any atom is 0.260 e. The summed E-state index contributed by atoms with van der Waals surface area (Å²) in [6.45, 7) is 7.24. The fraction of sp³-hybridized carbons (Fsp3) is 0.533. The summed E-state index contributed by atoms with van der Waals surface area (Å²) in [7, 11) is 3.95. The molecule has 19 heavy (non-hydrogen) atoms. The number of carbonyl (C=O) groups is 1. The molecule has 1 N–H and O–H groups in total. The molecule has 1 atom stereocenters. The predicted octanol–water partition coefficient (Wildman–Crippen LogP) is 1.75. The predicted molar refractivity (Wildman–Crippen MR) is 77.6 cm³/mol. The second-order valence-electron chi connectivity index (χ2n) is 5.12. The number of carbonyl (C=O) groups excluding carboxylic acids is 1. The first-order chi connectivity index (χ1) is 8.90. The number of nitrogens with one attached hydrogen (secondary N) is 1. The van der Waals surface area contributed by atoms with Crippen LogP contribution in [0.2, 0.25) is 0 Å². The van der Waals surface area contributed by atoms with Crippen LogP contribution in [-0.2, 0) is 4.79 Å². The van der Waals surface area contributed by atoms with Crippen molar-refractivity contribution < 1.29 is 9.53 Å². The van der Waals surface area contributed by atoms with Gasteiger partial charge < -0.3 is 15.0 Å². The molecule has 0 radical (unpaired) electrons. The lowest BCUT2D eigenvalue weighted by atomic mass is 10.1. The van der Waals surface area contributed by atoms with E-state index in [4.69, 9.17) is 4.74 Å². The standard InChI is InChI=1S/C15H24N2O2/c1-11-6-7-14(12(2)10-11)19-13(3)15(18)16-8-9-17(4)5/h6-7,10,13H,8-9H2,1-5H3,(H,16,18). The number of ether oxygens (including phenoxy) is 1. The SMILES string of the molecule is Cc1ccc(OC(C)C(=O)NCCN(C)C)c(C)c1. The first-order valence-corrected chi connectivity index (χ1v) is 6.56. The molecule has 0 fully saturated rings. The molecule has 0 spiro atoms. The third-order valence-electron chi connectivity index (χ3n) is 2.86. The van der Waals surface area contributed by atoms with Gasteiger partial charge in [0.25, 0.3) is 5.91 Å². The molecule has 0 aliphatic heterocycles. The van der Waals surface area contributed by atoms with Crippen molar-refractivity contribution in [3.05, 3.63) is 29.3 Å². The topological polar surface area (TPSA) is 41.6 Å². The molecule has 1 aromatic rings. The van der Waals surface area contributed by atoms with E-state index in [0.717, 1.165) is 17.9 Å². The van der Waals surface area contributed by atoms with Gasteiger partial charge >= 0.3 is 0 Å². The Kier molecular flexibility index (Phi) is 5.83. The number of rotatable bonds is 6. The lowest BCUT2D eigenvalue weighted by molar-refractivity contribution is -0.127. The normalized spacial score (nSPS) is 12.3. The van der Waals surface area contributed by atoms with Crippen LogP contribution in [0.25, 0.3) is 0 Å². The van der Waals surface area contributed by atoms with Crippen molar-refractivity contribution in [2.24, 2.45) is 0 Å². The van der Waals surface area contributed by atoms with Crippen molar-refractivity contribution in [1.29, 1.82) is 0 Å². The average molecular weight is 264 g/mol. The first-order valence-electron chi connectivity index (χ1n) is 6.56. The van der Waals surface area contributed by atoms with Crippen molar-refractivity contribution >= 4 is 5.91 Å². The van der Waals surface area contributed by atoms with Gasteiger partial charge in [-0.2, -0.15) is 0 Å². The molecule has 1 unspecified atom stereocenters. The largest absolute Gasteiger partial charge is 0.481 e. The zero-order valence-electron chi connectivity index (χ0n) is 12.5. The van der Waals surface area contributed by atoms with E-state index in [-0.39, 0.29) is 5.91 Å². The Balaban J connectivity index is 2.49. The van der Waals surface area contributed by atoms with Gasteiger partial charge in [0.2, 0.25) is 0 Å². The average Bonchev–Trinajstić information content (AvgIpc) is 2.32. The molecule has 1 amide bonds. The Morgan fingerprint density at radius 3 is 2.63 bits per heavy atom. The summed E-state index contributed by atoms with van der Waals surface area (Å²) in [6.07, 6.45) is -0.483. The van der Waals surface area contributed by atoms with E-state index in [2.05, 4.69) is 5.32 Å². The number of aryl methyl sites for hydroxylation is 2. The Hall–Kier alpha value is -1.55. The van der Waals surface area contributed by atoms with E-state index >= 15 is 0 Å². The Bertz CT molecular complexity index is 430. The molecule has 4 heteroatoms. The molecule has 0 bridgehead atoms. The summed E-state index contributed by atoms with van der Waals surface area (Å²) in [5.74, 6) is 0.683. The Morgan fingerprint density at radius 2 is 2.05 bits per heavy atom. The van der Waals surface area contributed by atoms with Gasteiger partial charge in [0.15, 0.2) is 6.10 Å². The lowest BCUT2D eigenvalue weighted by Crippen LogP contribution is -2.39. The van der Waals surface area contributed by atoms with Crippen molar-refractivity contribution in [3.8, 4) is 5.75 Å². The van der Waals surface area contributed by atoms with Crippen LogP contribution in [0.3, 0.4) is 0 Å². The van der Waals surface area contributed by atoms with Gasteiger partial charge in [0.05, 0.1) is 0 Å². The Labute approximate surface area is 115 Å². The minimum Gasteiger partial charge on any atom is -0.481 e. The molecule has 4 nitrogen and oxygen atoms in total. The molecular weight excluding hydrogens is 240 g/mol. The van der Waals surface area contributed by atoms with E-state index in [1.807, 2.05) is 51.0 Å². The maximum atomic E-state index is 11.9. The van der Waals surface area contributed by atoms with E-state index < -0.39 is 6.10 Å². The monoisotopic (exact) mass is 264 g/mol. The van der Waals surface area contributed by atoms with Gasteiger partial charge in [-0.3, -0.25) is 4.79 Å². The van der Waals surface area contributed by atoms with Crippen molar-refractivity contribution in [3.63, 3.8) is 0 Å². The van der Waals surface area contributed by atoms with Crippen LogP contribution in [-0.4, -0.2) is 44.1 Å². The van der Waals surface area contributed by atoms with Gasteiger partial charge in [-0.1, -0.05) is 17.7 Å². The van der Waals surface area contributed by atoms with E-state index in [9.17, 15) is 4.79 Å². The highest BCUT2D eigenvalue weighted by Gasteiger charge is 2.15. The second-order valence-corrected chi connectivity index (χ2v) is 5.12. The van der Waals surface area contributed by atoms with Crippen LogP contribution < -0.4 is 10.1 Å². The van der Waals surface area contributed by atoms with Gasteiger partial charge in [-0.05, 0) is 46.5 Å². The molecule has 0 aliphatic carbocycles. The fourth-order valence-corrected chi connectivity index (χ4v) is 1.72. The van der Waals surface area contributed by atoms with Crippen LogP contribution in [0.5, 0.6) is 5.75 Å². The summed E-state index contributed by atoms with van der Waals surface area (Å²) < 4.78 is 5.69. The highest BCUT2D eigenvalue weighted by atomic mass is 16.5. The highest BCUT2D eigenvalue weighted by Crippen LogP contribution is 2.19. The highest BCUT2D eigenvalue weighted by molar-refractivity contribution is 5.80. The maximum absolute atomic E-state index is 11.9. The fourth-order valence-electron chi connectivity index (χ4n) is 1.72. The van der Waals surface area contributed by atoms with Gasteiger partial charge in [-0.15, -0.1) is 0 Å². The van der Waals surface area contributed by atoms with Crippen molar-refractivity contribution in [2.75, 3.05) is 27.2 Å². The zero-order valence-corrected chi connectivity index (χ0v) is 12.5. The molecule has 0 saturated heterocycles. The zero-order chi connectivity index (χ0) is 14.4. The third kappa shape index (κ3) is 5.30. The number of benzene rings is 1.